The number of anilines is 1. The van der Waals surface area contributed by atoms with Crippen molar-refractivity contribution in [3.05, 3.63) is 118 Å². The zero-order valence-electron chi connectivity index (χ0n) is 19.4. The Balaban J connectivity index is 1.41. The van der Waals surface area contributed by atoms with Gasteiger partial charge in [0, 0.05) is 5.02 Å². The molecule has 1 saturated heterocycles. The lowest BCUT2D eigenvalue weighted by atomic mass is 9.54. The molecular weight excluding hydrogens is 638 g/mol. The van der Waals surface area contributed by atoms with Crippen LogP contribution in [0.3, 0.4) is 0 Å². The number of amides is 2. The number of furan rings is 1. The summed E-state index contributed by atoms with van der Waals surface area (Å²) in [7, 11) is 0. The molecule has 8 rings (SSSR count). The minimum Gasteiger partial charge on any atom is -0.457 e. The van der Waals surface area contributed by atoms with Crippen LogP contribution in [0.4, 0.5) is 5.69 Å². The van der Waals surface area contributed by atoms with Crippen molar-refractivity contribution in [3.8, 4) is 5.75 Å². The Morgan fingerprint density at radius 3 is 1.82 bits per heavy atom. The van der Waals surface area contributed by atoms with Crippen molar-refractivity contribution in [2.45, 2.75) is 8.65 Å². The fourth-order valence-corrected chi connectivity index (χ4v) is 8.67. The predicted octanol–water partition coefficient (Wildman–Crippen LogP) is 6.56. The topological polar surface area (TPSA) is 76.8 Å². The highest BCUT2D eigenvalue weighted by Crippen LogP contribution is 2.71. The smallest absolute Gasteiger partial charge is 0.379 e. The second-order valence-electron chi connectivity index (χ2n) is 9.46. The second-order valence-corrected chi connectivity index (χ2v) is 12.4. The van der Waals surface area contributed by atoms with E-state index >= 15 is 0 Å². The van der Waals surface area contributed by atoms with Crippen LogP contribution in [0, 0.1) is 11.8 Å². The number of imide groups is 1. The largest absolute Gasteiger partial charge is 0.457 e. The first-order valence-electron chi connectivity index (χ1n) is 11.8. The van der Waals surface area contributed by atoms with E-state index in [1.54, 1.807) is 6.07 Å². The average molecular weight is 654 g/mol. The molecule has 9 heteroatoms. The van der Waals surface area contributed by atoms with E-state index in [0.29, 0.717) is 0 Å². The molecule has 4 aromatic rings. The normalized spacial score (nSPS) is 26.7. The molecule has 2 amide bonds. The molecular formula is C29H16Br2ClNO5. The van der Waals surface area contributed by atoms with Gasteiger partial charge in [-0.2, -0.15) is 0 Å². The number of hydrogen-bond acceptors (Lipinski definition) is 5. The molecule has 1 aromatic heterocycles. The summed E-state index contributed by atoms with van der Waals surface area (Å²) >= 11 is 14.3. The number of rotatable bonds is 3. The van der Waals surface area contributed by atoms with E-state index in [2.05, 4.69) is 31.9 Å². The molecule has 0 N–H and O–H groups in total. The molecule has 3 aliphatic carbocycles. The maximum atomic E-state index is 14.3. The molecule has 0 saturated carbocycles. The number of carbonyl (C=O) groups is 3. The van der Waals surface area contributed by atoms with Crippen molar-refractivity contribution in [3.63, 3.8) is 0 Å². The van der Waals surface area contributed by atoms with Crippen molar-refractivity contribution in [2.24, 2.45) is 11.8 Å². The summed E-state index contributed by atoms with van der Waals surface area (Å²) in [6.07, 6.45) is 1.35. The zero-order chi connectivity index (χ0) is 26.4. The van der Waals surface area contributed by atoms with Gasteiger partial charge in [0.2, 0.25) is 17.6 Å². The minimum absolute atomic E-state index is 0.0126. The predicted molar refractivity (Wildman–Crippen MR) is 147 cm³/mol. The standard InChI is InChI=1S/C29H16Br2ClNO5/c30-28-16-6-1-2-7-17(16)29(31,19-9-4-3-8-18(19)28)24-23(28)25(34)33(26(24)35)20-14-15(32)11-12-21(20)38-27(36)22-10-5-13-37-22/h1-14,23-24H/t23-,24-,28?,29?/m0/s1. The summed E-state index contributed by atoms with van der Waals surface area (Å²) in [6, 6.07) is 23.2. The Kier molecular flexibility index (Phi) is 5.12. The van der Waals surface area contributed by atoms with Gasteiger partial charge in [-0.3, -0.25) is 9.59 Å². The molecule has 1 aliphatic heterocycles. The molecule has 1 fully saturated rings. The highest BCUT2D eigenvalue weighted by Gasteiger charge is 2.72. The molecule has 0 unspecified atom stereocenters. The van der Waals surface area contributed by atoms with Gasteiger partial charge in [0.15, 0.2) is 5.75 Å². The van der Waals surface area contributed by atoms with Crippen LogP contribution in [0.2, 0.25) is 5.02 Å². The molecule has 6 nitrogen and oxygen atoms in total. The monoisotopic (exact) mass is 651 g/mol. The number of benzene rings is 3. The van der Waals surface area contributed by atoms with Gasteiger partial charge in [-0.15, -0.1) is 0 Å². The van der Waals surface area contributed by atoms with Crippen LogP contribution < -0.4 is 9.64 Å². The third-order valence-electron chi connectivity index (χ3n) is 7.67. The number of alkyl halides is 2. The zero-order valence-corrected chi connectivity index (χ0v) is 23.3. The summed E-state index contributed by atoms with van der Waals surface area (Å²) in [5.41, 5.74) is 3.80. The summed E-state index contributed by atoms with van der Waals surface area (Å²) in [5.74, 6) is -3.13. The summed E-state index contributed by atoms with van der Waals surface area (Å²) in [6.45, 7) is 0. The van der Waals surface area contributed by atoms with Gasteiger partial charge in [-0.1, -0.05) is 92.0 Å². The van der Waals surface area contributed by atoms with E-state index in [1.165, 1.54) is 30.5 Å². The van der Waals surface area contributed by atoms with Gasteiger partial charge in [0.1, 0.15) is 0 Å². The van der Waals surface area contributed by atoms with Crippen molar-refractivity contribution in [1.29, 1.82) is 0 Å². The molecule has 0 spiro atoms. The summed E-state index contributed by atoms with van der Waals surface area (Å²) in [5, 5.41) is 0.282. The number of nitrogens with zero attached hydrogens (tertiary/aromatic N) is 1. The van der Waals surface area contributed by atoms with Gasteiger partial charge in [0.25, 0.3) is 0 Å². The van der Waals surface area contributed by atoms with Crippen LogP contribution in [0.15, 0.2) is 89.5 Å². The van der Waals surface area contributed by atoms with Gasteiger partial charge >= 0.3 is 5.97 Å². The van der Waals surface area contributed by atoms with Crippen molar-refractivity contribution in [1.82, 2.24) is 0 Å². The Hall–Kier alpha value is -3.20. The van der Waals surface area contributed by atoms with Crippen LogP contribution in [0.5, 0.6) is 5.75 Å². The SMILES string of the molecule is O=C(Oc1ccc(Cl)cc1N1C(=O)[C@@H]2[C@@H](C1=O)C1(Br)c3ccccc3C2(Br)c2ccccc21)c1ccco1. The van der Waals surface area contributed by atoms with Gasteiger partial charge in [-0.05, 0) is 52.6 Å². The fraction of sp³-hybridized carbons (Fsp3) is 0.138. The van der Waals surface area contributed by atoms with Gasteiger partial charge in [-0.25, -0.2) is 9.69 Å². The Labute approximate surface area is 238 Å². The molecule has 38 heavy (non-hydrogen) atoms. The second kappa shape index (κ2) is 8.15. The minimum atomic E-state index is -0.939. The number of carbonyl (C=O) groups excluding carboxylic acids is 3. The molecule has 3 aromatic carbocycles. The number of halogens is 3. The van der Waals surface area contributed by atoms with Crippen LogP contribution in [0.25, 0.3) is 0 Å². The first-order chi connectivity index (χ1) is 18.3. The Morgan fingerprint density at radius 1 is 0.816 bits per heavy atom. The number of esters is 1. The molecule has 4 aliphatic rings. The highest BCUT2D eigenvalue weighted by molar-refractivity contribution is 9.10. The van der Waals surface area contributed by atoms with Crippen molar-refractivity contribution in [2.75, 3.05) is 4.90 Å². The van der Waals surface area contributed by atoms with Crippen LogP contribution in [0.1, 0.15) is 32.8 Å². The van der Waals surface area contributed by atoms with Crippen LogP contribution in [-0.4, -0.2) is 17.8 Å². The first-order valence-corrected chi connectivity index (χ1v) is 13.7. The lowest BCUT2D eigenvalue weighted by Crippen LogP contribution is -2.56. The first kappa shape index (κ1) is 23.9. The Bertz CT molecular complexity index is 1560. The van der Waals surface area contributed by atoms with E-state index in [4.69, 9.17) is 20.8 Å². The van der Waals surface area contributed by atoms with Crippen molar-refractivity contribution >= 4 is 66.9 Å². The molecule has 2 bridgehead atoms. The van der Waals surface area contributed by atoms with Crippen LogP contribution in [-0.2, 0) is 18.2 Å². The van der Waals surface area contributed by atoms with E-state index in [1.807, 2.05) is 48.5 Å². The van der Waals surface area contributed by atoms with E-state index in [-0.39, 0.29) is 22.2 Å². The molecule has 2 heterocycles. The maximum Gasteiger partial charge on any atom is 0.379 e. The van der Waals surface area contributed by atoms with E-state index in [9.17, 15) is 14.4 Å². The molecule has 0 radical (unpaired) electrons. The summed E-state index contributed by atoms with van der Waals surface area (Å²) in [4.78, 5) is 42.5. The average Bonchev–Trinajstić information content (AvgIpc) is 3.55. The maximum absolute atomic E-state index is 14.3. The lowest BCUT2D eigenvalue weighted by Gasteiger charge is -2.55. The molecule has 2 atom stereocenters. The summed E-state index contributed by atoms with van der Waals surface area (Å²) < 4.78 is 8.86. The van der Waals surface area contributed by atoms with E-state index < -0.39 is 38.3 Å². The fourth-order valence-electron chi connectivity index (χ4n) is 6.20. The third kappa shape index (κ3) is 2.91. The number of ether oxygens (including phenoxy) is 1. The quantitative estimate of drug-likeness (QED) is 0.108. The lowest BCUT2D eigenvalue weighted by molar-refractivity contribution is -0.122. The number of hydrogen-bond donors (Lipinski definition) is 0. The molecule has 188 valence electrons. The Morgan fingerprint density at radius 2 is 1.34 bits per heavy atom. The van der Waals surface area contributed by atoms with Crippen LogP contribution >= 0.6 is 43.5 Å². The van der Waals surface area contributed by atoms with Gasteiger partial charge < -0.3 is 9.15 Å². The van der Waals surface area contributed by atoms with E-state index in [0.717, 1.165) is 27.2 Å². The third-order valence-corrected chi connectivity index (χ3v) is 10.6. The van der Waals surface area contributed by atoms with Gasteiger partial charge in [0.05, 0.1) is 32.4 Å². The van der Waals surface area contributed by atoms with Crippen molar-refractivity contribution < 1.29 is 23.5 Å². The highest BCUT2D eigenvalue weighted by atomic mass is 79.9.